The van der Waals surface area contributed by atoms with Crippen LogP contribution in [-0.2, 0) is 16.1 Å². The molecule has 26 heavy (non-hydrogen) atoms. The Morgan fingerprint density at radius 2 is 2.00 bits per heavy atom. The van der Waals surface area contributed by atoms with Crippen LogP contribution in [0.15, 0.2) is 45.4 Å². The van der Waals surface area contributed by atoms with Crippen molar-refractivity contribution < 1.29 is 23.2 Å². The molecule has 0 aliphatic heterocycles. The molecule has 0 saturated heterocycles. The van der Waals surface area contributed by atoms with Gasteiger partial charge in [-0.25, -0.2) is 0 Å². The number of ether oxygens (including phenoxy) is 1. The zero-order valence-corrected chi connectivity index (χ0v) is 14.6. The van der Waals surface area contributed by atoms with Crippen LogP contribution in [0.1, 0.15) is 16.2 Å². The van der Waals surface area contributed by atoms with Crippen molar-refractivity contribution in [3.05, 3.63) is 58.1 Å². The van der Waals surface area contributed by atoms with Crippen LogP contribution >= 0.6 is 23.2 Å². The average Bonchev–Trinajstić information content (AvgIpc) is 3.31. The van der Waals surface area contributed by atoms with Gasteiger partial charge < -0.3 is 18.9 Å². The molecule has 134 valence electrons. The molecule has 0 radical (unpaired) electrons. The Balaban J connectivity index is 1.47. The van der Waals surface area contributed by atoms with E-state index >= 15 is 0 Å². The second kappa shape index (κ2) is 8.03. The second-order valence-electron chi connectivity index (χ2n) is 4.95. The van der Waals surface area contributed by atoms with E-state index in [1.165, 1.54) is 24.5 Å². The molecule has 3 aromatic rings. The standard InChI is InChI=1S/C16H11Cl2N3O5/c17-10-4-3-9(6-11(10)18)15(23)19-7-14(22)25-8-13-20-21-16(26-13)12-2-1-5-24-12/h1-6H,7-8H2,(H,19,23). The first-order valence-electron chi connectivity index (χ1n) is 7.28. The molecule has 0 bridgehead atoms. The molecule has 2 aromatic heterocycles. The Hall–Kier alpha value is -2.84. The average molecular weight is 396 g/mol. The Bertz CT molecular complexity index is 924. The number of furan rings is 1. The molecule has 10 heteroatoms. The summed E-state index contributed by atoms with van der Waals surface area (Å²) in [4.78, 5) is 23.7. The van der Waals surface area contributed by atoms with Crippen LogP contribution in [-0.4, -0.2) is 28.6 Å². The molecule has 2 heterocycles. The Labute approximate surface area is 157 Å². The molecule has 1 aromatic carbocycles. The van der Waals surface area contributed by atoms with Crippen LogP contribution in [0.5, 0.6) is 0 Å². The fourth-order valence-electron chi connectivity index (χ4n) is 1.90. The molecular formula is C16H11Cl2N3O5. The predicted molar refractivity (Wildman–Crippen MR) is 90.6 cm³/mol. The molecule has 0 spiro atoms. The van der Waals surface area contributed by atoms with Gasteiger partial charge in [-0.05, 0) is 30.3 Å². The predicted octanol–water partition coefficient (Wildman–Crippen LogP) is 3.11. The number of nitrogens with zero attached hydrogens (tertiary/aromatic N) is 2. The van der Waals surface area contributed by atoms with Crippen LogP contribution in [0.25, 0.3) is 11.7 Å². The minimum absolute atomic E-state index is 0.0977. The van der Waals surface area contributed by atoms with Crippen molar-refractivity contribution in [2.45, 2.75) is 6.61 Å². The number of carbonyl (C=O) groups excluding carboxylic acids is 2. The lowest BCUT2D eigenvalue weighted by Crippen LogP contribution is -2.30. The fraction of sp³-hybridized carbons (Fsp3) is 0.125. The molecule has 0 fully saturated rings. The highest BCUT2D eigenvalue weighted by Crippen LogP contribution is 2.22. The van der Waals surface area contributed by atoms with Crippen molar-refractivity contribution in [2.24, 2.45) is 0 Å². The summed E-state index contributed by atoms with van der Waals surface area (Å²) in [6.45, 7) is -0.562. The van der Waals surface area contributed by atoms with E-state index in [0.29, 0.717) is 10.8 Å². The zero-order chi connectivity index (χ0) is 18.5. The molecular weight excluding hydrogens is 385 g/mol. The first kappa shape index (κ1) is 18.0. The van der Waals surface area contributed by atoms with E-state index in [4.69, 9.17) is 36.8 Å². The van der Waals surface area contributed by atoms with Gasteiger partial charge in [0.25, 0.3) is 17.7 Å². The largest absolute Gasteiger partial charge is 0.459 e. The van der Waals surface area contributed by atoms with Gasteiger partial charge in [-0.3, -0.25) is 9.59 Å². The number of benzene rings is 1. The van der Waals surface area contributed by atoms with Gasteiger partial charge in [0.1, 0.15) is 6.54 Å². The smallest absolute Gasteiger partial charge is 0.325 e. The minimum atomic E-state index is -0.670. The molecule has 0 unspecified atom stereocenters. The summed E-state index contributed by atoms with van der Waals surface area (Å²) >= 11 is 11.6. The third-order valence-corrected chi connectivity index (χ3v) is 3.87. The molecule has 3 rings (SSSR count). The van der Waals surface area contributed by atoms with Crippen molar-refractivity contribution in [3.63, 3.8) is 0 Å². The van der Waals surface area contributed by atoms with E-state index in [2.05, 4.69) is 15.5 Å². The van der Waals surface area contributed by atoms with E-state index in [9.17, 15) is 9.59 Å². The van der Waals surface area contributed by atoms with Gasteiger partial charge in [-0.1, -0.05) is 23.2 Å². The first-order chi connectivity index (χ1) is 12.5. The van der Waals surface area contributed by atoms with Crippen LogP contribution < -0.4 is 5.32 Å². The van der Waals surface area contributed by atoms with Gasteiger partial charge in [0.2, 0.25) is 0 Å². The lowest BCUT2D eigenvalue weighted by atomic mass is 10.2. The van der Waals surface area contributed by atoms with E-state index in [1.54, 1.807) is 12.1 Å². The van der Waals surface area contributed by atoms with Crippen LogP contribution in [0.2, 0.25) is 10.0 Å². The van der Waals surface area contributed by atoms with Crippen molar-refractivity contribution in [2.75, 3.05) is 6.54 Å². The van der Waals surface area contributed by atoms with Gasteiger partial charge in [-0.15, -0.1) is 10.2 Å². The third kappa shape index (κ3) is 4.41. The maximum Gasteiger partial charge on any atom is 0.325 e. The van der Waals surface area contributed by atoms with Crippen LogP contribution in [0, 0.1) is 0 Å². The molecule has 0 aliphatic rings. The van der Waals surface area contributed by atoms with Crippen LogP contribution in [0.4, 0.5) is 0 Å². The number of amides is 1. The van der Waals surface area contributed by atoms with E-state index in [0.717, 1.165) is 0 Å². The van der Waals surface area contributed by atoms with Crippen molar-refractivity contribution >= 4 is 35.1 Å². The SMILES string of the molecule is O=C(CNC(=O)c1ccc(Cl)c(Cl)c1)OCc1nnc(-c2ccco2)o1. The maximum atomic E-state index is 11.9. The van der Waals surface area contributed by atoms with Crippen molar-refractivity contribution in [3.8, 4) is 11.7 Å². The number of hydrogen-bond acceptors (Lipinski definition) is 7. The zero-order valence-electron chi connectivity index (χ0n) is 13.1. The monoisotopic (exact) mass is 395 g/mol. The second-order valence-corrected chi connectivity index (χ2v) is 5.76. The van der Waals surface area contributed by atoms with Gasteiger partial charge in [0.15, 0.2) is 12.4 Å². The van der Waals surface area contributed by atoms with E-state index in [1.807, 2.05) is 0 Å². The van der Waals surface area contributed by atoms with Crippen LogP contribution in [0.3, 0.4) is 0 Å². The van der Waals surface area contributed by atoms with Gasteiger partial charge in [0, 0.05) is 5.56 Å². The molecule has 0 atom stereocenters. The summed E-state index contributed by atoms with van der Waals surface area (Å²) in [6, 6.07) is 7.71. The normalized spacial score (nSPS) is 10.5. The van der Waals surface area contributed by atoms with E-state index in [-0.39, 0.29) is 35.5 Å². The molecule has 8 nitrogen and oxygen atoms in total. The number of hydrogen-bond donors (Lipinski definition) is 1. The van der Waals surface area contributed by atoms with Gasteiger partial charge >= 0.3 is 5.97 Å². The molecule has 0 saturated carbocycles. The lowest BCUT2D eigenvalue weighted by molar-refractivity contribution is -0.144. The number of aromatic nitrogens is 2. The number of nitrogens with one attached hydrogen (secondary N) is 1. The number of rotatable bonds is 6. The Morgan fingerprint density at radius 3 is 2.73 bits per heavy atom. The van der Waals surface area contributed by atoms with Gasteiger partial charge in [0.05, 0.1) is 16.3 Å². The summed E-state index contributed by atoms with van der Waals surface area (Å²) in [5, 5.41) is 10.5. The summed E-state index contributed by atoms with van der Waals surface area (Å²) in [6.07, 6.45) is 1.47. The van der Waals surface area contributed by atoms with Crippen molar-refractivity contribution in [1.29, 1.82) is 0 Å². The summed E-state index contributed by atoms with van der Waals surface area (Å²) in [5.74, 6) is -0.479. The highest BCUT2D eigenvalue weighted by Gasteiger charge is 2.14. The minimum Gasteiger partial charge on any atom is -0.459 e. The number of halogens is 2. The van der Waals surface area contributed by atoms with Crippen molar-refractivity contribution in [1.82, 2.24) is 15.5 Å². The summed E-state index contributed by atoms with van der Waals surface area (Å²) in [5.41, 5.74) is 0.271. The molecule has 1 amide bonds. The topological polar surface area (TPSA) is 107 Å². The fourth-order valence-corrected chi connectivity index (χ4v) is 2.19. The summed E-state index contributed by atoms with van der Waals surface area (Å²) in [7, 11) is 0. The Morgan fingerprint density at radius 1 is 1.15 bits per heavy atom. The highest BCUT2D eigenvalue weighted by molar-refractivity contribution is 6.42. The summed E-state index contributed by atoms with van der Waals surface area (Å²) < 4.78 is 15.4. The third-order valence-electron chi connectivity index (χ3n) is 3.13. The number of esters is 1. The first-order valence-corrected chi connectivity index (χ1v) is 8.03. The molecule has 0 aliphatic carbocycles. The lowest BCUT2D eigenvalue weighted by Gasteiger charge is -2.06. The maximum absolute atomic E-state index is 11.9. The van der Waals surface area contributed by atoms with E-state index < -0.39 is 11.9 Å². The molecule has 1 N–H and O–H groups in total. The quantitative estimate of drug-likeness (QED) is 0.638. The Kier molecular flexibility index (Phi) is 5.55. The number of carbonyl (C=O) groups is 2. The highest BCUT2D eigenvalue weighted by atomic mass is 35.5. The van der Waals surface area contributed by atoms with Gasteiger partial charge in [-0.2, -0.15) is 0 Å².